The Morgan fingerprint density at radius 2 is 2.16 bits per heavy atom. The molecule has 2 saturated carbocycles. The molecule has 4 heteroatoms. The van der Waals surface area contributed by atoms with Crippen LogP contribution in [0.2, 0.25) is 0 Å². The molecule has 0 radical (unpaired) electrons. The lowest BCUT2D eigenvalue weighted by atomic mass is 9.89. The van der Waals surface area contributed by atoms with Gasteiger partial charge in [0, 0.05) is 18.5 Å². The molecular formula is C15H24N4. The van der Waals surface area contributed by atoms with Crippen LogP contribution in [0.1, 0.15) is 51.3 Å². The van der Waals surface area contributed by atoms with Crippen LogP contribution in [0.15, 0.2) is 6.07 Å². The van der Waals surface area contributed by atoms with Crippen LogP contribution in [0.25, 0.3) is 0 Å². The first kappa shape index (κ1) is 12.7. The van der Waals surface area contributed by atoms with E-state index in [0.29, 0.717) is 11.7 Å². The molecule has 0 spiro atoms. The lowest BCUT2D eigenvalue weighted by Gasteiger charge is -2.22. The molecule has 2 fully saturated rings. The first-order valence-electron chi connectivity index (χ1n) is 7.50. The highest BCUT2D eigenvalue weighted by Gasteiger charge is 2.39. The van der Waals surface area contributed by atoms with Crippen molar-refractivity contribution in [3.8, 4) is 0 Å². The zero-order valence-corrected chi connectivity index (χ0v) is 11.9. The van der Waals surface area contributed by atoms with Crippen LogP contribution in [0.3, 0.4) is 0 Å². The molecule has 104 valence electrons. The van der Waals surface area contributed by atoms with Gasteiger partial charge in [-0.2, -0.15) is 0 Å². The van der Waals surface area contributed by atoms with Gasteiger partial charge in [0.05, 0.1) is 0 Å². The van der Waals surface area contributed by atoms with E-state index < -0.39 is 0 Å². The van der Waals surface area contributed by atoms with Gasteiger partial charge in [-0.1, -0.05) is 20.3 Å². The molecule has 0 amide bonds. The fraction of sp³-hybridized carbons (Fsp3) is 0.733. The molecule has 2 bridgehead atoms. The summed E-state index contributed by atoms with van der Waals surface area (Å²) < 4.78 is 0. The van der Waals surface area contributed by atoms with Crippen LogP contribution >= 0.6 is 0 Å². The summed E-state index contributed by atoms with van der Waals surface area (Å²) in [5, 5.41) is 3.48. The monoisotopic (exact) mass is 260 g/mol. The second kappa shape index (κ2) is 4.99. The van der Waals surface area contributed by atoms with E-state index in [4.69, 9.17) is 5.73 Å². The fourth-order valence-corrected chi connectivity index (χ4v) is 3.70. The Bertz CT molecular complexity index is 457. The number of nitrogens with zero attached hydrogens (tertiary/aromatic N) is 2. The number of aromatic nitrogens is 2. The third-order valence-corrected chi connectivity index (χ3v) is 4.71. The van der Waals surface area contributed by atoms with Gasteiger partial charge in [-0.3, -0.25) is 0 Å². The summed E-state index contributed by atoms with van der Waals surface area (Å²) in [4.78, 5) is 8.83. The molecule has 2 aliphatic rings. The third-order valence-electron chi connectivity index (χ3n) is 4.71. The molecule has 3 atom stereocenters. The van der Waals surface area contributed by atoms with Gasteiger partial charge in [0.15, 0.2) is 0 Å². The van der Waals surface area contributed by atoms with Crippen molar-refractivity contribution >= 4 is 11.6 Å². The highest BCUT2D eigenvalue weighted by molar-refractivity contribution is 5.45. The highest BCUT2D eigenvalue weighted by Crippen LogP contribution is 2.48. The number of anilines is 2. The van der Waals surface area contributed by atoms with Crippen molar-refractivity contribution in [2.24, 2.45) is 17.8 Å². The highest BCUT2D eigenvalue weighted by atomic mass is 15.1. The number of hydrogen-bond donors (Lipinski definition) is 2. The first-order valence-corrected chi connectivity index (χ1v) is 7.50. The Morgan fingerprint density at radius 1 is 1.32 bits per heavy atom. The van der Waals surface area contributed by atoms with E-state index in [1.165, 1.54) is 25.7 Å². The van der Waals surface area contributed by atoms with E-state index in [9.17, 15) is 0 Å². The Morgan fingerprint density at radius 3 is 2.79 bits per heavy atom. The Hall–Kier alpha value is -1.32. The number of nitrogens with two attached hydrogens (primary N) is 1. The minimum Gasteiger partial charge on any atom is -0.384 e. The number of rotatable bonds is 4. The summed E-state index contributed by atoms with van der Waals surface area (Å²) >= 11 is 0. The number of nitrogen functional groups attached to an aromatic ring is 1. The molecule has 1 aromatic heterocycles. The van der Waals surface area contributed by atoms with Crippen LogP contribution in [0.5, 0.6) is 0 Å². The summed E-state index contributed by atoms with van der Waals surface area (Å²) in [5.41, 5.74) is 5.85. The molecule has 19 heavy (non-hydrogen) atoms. The zero-order valence-electron chi connectivity index (χ0n) is 11.9. The number of hydrogen-bond acceptors (Lipinski definition) is 4. The van der Waals surface area contributed by atoms with Crippen molar-refractivity contribution in [2.45, 2.75) is 45.4 Å². The second-order valence-corrected chi connectivity index (χ2v) is 6.51. The molecule has 0 aliphatic heterocycles. The molecular weight excluding hydrogens is 236 g/mol. The molecule has 3 N–H and O–H groups in total. The lowest BCUT2D eigenvalue weighted by molar-refractivity contribution is 0.348. The lowest BCUT2D eigenvalue weighted by Crippen LogP contribution is -2.21. The maximum Gasteiger partial charge on any atom is 0.135 e. The van der Waals surface area contributed by atoms with E-state index in [0.717, 1.165) is 35.9 Å². The predicted octanol–water partition coefficient (Wildman–Crippen LogP) is 3.03. The minimum atomic E-state index is 0.312. The molecule has 1 aromatic rings. The molecule has 1 heterocycles. The standard InChI is InChI=1S/C15H24N4/c1-9(2)15-18-13(16)7-14(19-15)17-8-12-6-10-3-4-11(12)5-10/h7,9-12H,3-6,8H2,1-2H3,(H3,16,17,18,19). The van der Waals surface area contributed by atoms with Crippen molar-refractivity contribution in [1.82, 2.24) is 9.97 Å². The fourth-order valence-electron chi connectivity index (χ4n) is 3.70. The molecule has 3 rings (SSSR count). The molecule has 2 aliphatic carbocycles. The minimum absolute atomic E-state index is 0.312. The average molecular weight is 260 g/mol. The maximum atomic E-state index is 5.85. The predicted molar refractivity (Wildman–Crippen MR) is 78.0 cm³/mol. The van der Waals surface area contributed by atoms with Crippen LogP contribution in [0, 0.1) is 17.8 Å². The number of nitrogens with one attached hydrogen (secondary N) is 1. The first-order chi connectivity index (χ1) is 9.11. The summed E-state index contributed by atoms with van der Waals surface area (Å²) in [7, 11) is 0. The molecule has 3 unspecified atom stereocenters. The summed E-state index contributed by atoms with van der Waals surface area (Å²) in [5.74, 6) is 5.37. The van der Waals surface area contributed by atoms with Gasteiger partial charge in [0.25, 0.3) is 0 Å². The van der Waals surface area contributed by atoms with Crippen molar-refractivity contribution in [3.63, 3.8) is 0 Å². The SMILES string of the molecule is CC(C)c1nc(N)cc(NCC2CC3CCC2C3)n1. The van der Waals surface area contributed by atoms with Crippen LogP contribution < -0.4 is 11.1 Å². The Kier molecular flexibility index (Phi) is 3.33. The van der Waals surface area contributed by atoms with Crippen molar-refractivity contribution < 1.29 is 0 Å². The van der Waals surface area contributed by atoms with E-state index in [2.05, 4.69) is 29.1 Å². The molecule has 0 aromatic carbocycles. The van der Waals surface area contributed by atoms with Gasteiger partial charge in [-0.25, -0.2) is 9.97 Å². The average Bonchev–Trinajstić information content (AvgIpc) is 2.97. The molecule has 0 saturated heterocycles. The topological polar surface area (TPSA) is 63.8 Å². The summed E-state index contributed by atoms with van der Waals surface area (Å²) in [6, 6.07) is 1.85. The van der Waals surface area contributed by atoms with Crippen molar-refractivity contribution in [3.05, 3.63) is 11.9 Å². The summed E-state index contributed by atoms with van der Waals surface area (Å²) in [6.45, 7) is 5.22. The Balaban J connectivity index is 1.63. The van der Waals surface area contributed by atoms with Crippen molar-refractivity contribution in [2.75, 3.05) is 17.6 Å². The van der Waals surface area contributed by atoms with Crippen LogP contribution in [-0.4, -0.2) is 16.5 Å². The van der Waals surface area contributed by atoms with Crippen molar-refractivity contribution in [1.29, 1.82) is 0 Å². The van der Waals surface area contributed by atoms with E-state index in [1.807, 2.05) is 6.07 Å². The second-order valence-electron chi connectivity index (χ2n) is 6.51. The van der Waals surface area contributed by atoms with Gasteiger partial charge in [-0.05, 0) is 37.0 Å². The van der Waals surface area contributed by atoms with Gasteiger partial charge in [-0.15, -0.1) is 0 Å². The van der Waals surface area contributed by atoms with Gasteiger partial charge in [0.2, 0.25) is 0 Å². The third kappa shape index (κ3) is 2.67. The van der Waals surface area contributed by atoms with E-state index in [-0.39, 0.29) is 0 Å². The zero-order chi connectivity index (χ0) is 13.4. The quantitative estimate of drug-likeness (QED) is 0.873. The van der Waals surface area contributed by atoms with E-state index in [1.54, 1.807) is 0 Å². The van der Waals surface area contributed by atoms with Crippen LogP contribution in [-0.2, 0) is 0 Å². The largest absolute Gasteiger partial charge is 0.384 e. The summed E-state index contributed by atoms with van der Waals surface area (Å²) in [6.07, 6.45) is 5.74. The normalized spacial score (nSPS) is 29.1. The molecule has 4 nitrogen and oxygen atoms in total. The van der Waals surface area contributed by atoms with E-state index >= 15 is 0 Å². The number of fused-ring (bicyclic) bond motifs is 2. The van der Waals surface area contributed by atoms with Gasteiger partial charge >= 0.3 is 0 Å². The van der Waals surface area contributed by atoms with Gasteiger partial charge < -0.3 is 11.1 Å². The van der Waals surface area contributed by atoms with Gasteiger partial charge in [0.1, 0.15) is 17.5 Å². The smallest absolute Gasteiger partial charge is 0.135 e. The maximum absolute atomic E-state index is 5.85. The van der Waals surface area contributed by atoms with Crippen LogP contribution in [0.4, 0.5) is 11.6 Å². The Labute approximate surface area is 115 Å².